The van der Waals surface area contributed by atoms with Gasteiger partial charge in [0.15, 0.2) is 0 Å². The molecule has 26 heavy (non-hydrogen) atoms. The van der Waals surface area contributed by atoms with Gasteiger partial charge in [-0.2, -0.15) is 5.10 Å². The Hall–Kier alpha value is -2.97. The Morgan fingerprint density at radius 1 is 1.42 bits per heavy atom. The Bertz CT molecular complexity index is 801. The van der Waals surface area contributed by atoms with Crippen LogP contribution in [0.25, 0.3) is 0 Å². The van der Waals surface area contributed by atoms with Crippen molar-refractivity contribution in [3.8, 4) is 0 Å². The van der Waals surface area contributed by atoms with E-state index in [1.165, 1.54) is 12.5 Å². The van der Waals surface area contributed by atoms with E-state index in [0.717, 1.165) is 31.3 Å². The summed E-state index contributed by atoms with van der Waals surface area (Å²) in [6, 6.07) is 1.75. The van der Waals surface area contributed by atoms with Gasteiger partial charge in [0, 0.05) is 44.7 Å². The number of hydrogen-bond acceptors (Lipinski definition) is 6. The molecular weight excluding hydrogens is 338 g/mol. The van der Waals surface area contributed by atoms with E-state index >= 15 is 0 Å². The molecule has 1 aliphatic heterocycles. The van der Waals surface area contributed by atoms with Gasteiger partial charge in [-0.15, -0.1) is 0 Å². The minimum Gasteiger partial charge on any atom is -0.365 e. The molecule has 0 aliphatic carbocycles. The second kappa shape index (κ2) is 8.41. The van der Waals surface area contributed by atoms with E-state index in [-0.39, 0.29) is 17.4 Å². The molecule has 2 amide bonds. The third-order valence-corrected chi connectivity index (χ3v) is 4.48. The molecule has 0 bridgehead atoms. The second-order valence-electron chi connectivity index (χ2n) is 6.36. The van der Waals surface area contributed by atoms with Crippen LogP contribution in [0.1, 0.15) is 35.3 Å². The van der Waals surface area contributed by atoms with Gasteiger partial charge in [-0.05, 0) is 18.8 Å². The van der Waals surface area contributed by atoms with E-state index in [2.05, 4.69) is 20.7 Å². The van der Waals surface area contributed by atoms with Crippen molar-refractivity contribution in [1.29, 1.82) is 0 Å². The van der Waals surface area contributed by atoms with Crippen LogP contribution in [0.5, 0.6) is 0 Å². The van der Waals surface area contributed by atoms with Crippen LogP contribution >= 0.6 is 0 Å². The molecule has 0 aromatic carbocycles. The van der Waals surface area contributed by atoms with E-state index < -0.39 is 11.3 Å². The maximum Gasteiger partial charge on any atom is 0.256 e. The van der Waals surface area contributed by atoms with Crippen molar-refractivity contribution in [3.05, 3.63) is 46.2 Å². The van der Waals surface area contributed by atoms with Gasteiger partial charge in [0.05, 0.1) is 11.9 Å². The lowest BCUT2D eigenvalue weighted by atomic mass is 9.97. The van der Waals surface area contributed by atoms with Crippen molar-refractivity contribution in [1.82, 2.24) is 25.6 Å². The molecule has 1 fully saturated rings. The number of carbonyl (C=O) groups excluding carboxylic acids is 2. The van der Waals surface area contributed by atoms with E-state index in [4.69, 9.17) is 4.52 Å². The predicted molar refractivity (Wildman–Crippen MR) is 91.3 cm³/mol. The molecule has 0 spiro atoms. The molecule has 2 N–H and O–H groups in total. The van der Waals surface area contributed by atoms with Crippen molar-refractivity contribution in [3.63, 3.8) is 0 Å². The van der Waals surface area contributed by atoms with E-state index in [0.29, 0.717) is 25.9 Å². The van der Waals surface area contributed by atoms with E-state index in [9.17, 15) is 14.4 Å². The number of hydrogen-bond donors (Lipinski definition) is 2. The molecule has 1 aliphatic rings. The monoisotopic (exact) mass is 359 g/mol. The zero-order valence-electron chi connectivity index (χ0n) is 14.3. The summed E-state index contributed by atoms with van der Waals surface area (Å²) in [6.45, 7) is 1.75. The molecule has 1 atom stereocenters. The number of amides is 2. The fourth-order valence-corrected chi connectivity index (χ4v) is 3.07. The summed E-state index contributed by atoms with van der Waals surface area (Å²) >= 11 is 0. The molecule has 9 nitrogen and oxygen atoms in total. The largest absolute Gasteiger partial charge is 0.365 e. The summed E-state index contributed by atoms with van der Waals surface area (Å²) in [5.74, 6) is -0.178. The normalized spacial score (nSPS) is 17.1. The highest BCUT2D eigenvalue weighted by molar-refractivity contribution is 5.93. The van der Waals surface area contributed by atoms with Crippen LogP contribution < -0.4 is 10.7 Å². The highest BCUT2D eigenvalue weighted by atomic mass is 16.5. The molecule has 138 valence electrons. The van der Waals surface area contributed by atoms with E-state index in [1.807, 2.05) is 4.90 Å². The molecule has 0 saturated carbocycles. The maximum atomic E-state index is 12.4. The first kappa shape index (κ1) is 17.8. The predicted octanol–water partition coefficient (Wildman–Crippen LogP) is 0.359. The average Bonchev–Trinajstić information content (AvgIpc) is 3.18. The number of nitrogens with one attached hydrogen (secondary N) is 2. The highest BCUT2D eigenvalue weighted by Gasteiger charge is 2.24. The number of likely N-dealkylation sites (tertiary alicyclic amines) is 1. The van der Waals surface area contributed by atoms with Gasteiger partial charge in [-0.1, -0.05) is 5.16 Å². The van der Waals surface area contributed by atoms with Crippen molar-refractivity contribution >= 4 is 11.8 Å². The first-order chi connectivity index (χ1) is 12.6. The van der Waals surface area contributed by atoms with Crippen molar-refractivity contribution in [2.45, 2.75) is 25.7 Å². The fourth-order valence-electron chi connectivity index (χ4n) is 3.07. The van der Waals surface area contributed by atoms with Crippen LogP contribution in [-0.4, -0.2) is 51.7 Å². The lowest BCUT2D eigenvalue weighted by Gasteiger charge is -2.33. The van der Waals surface area contributed by atoms with Crippen molar-refractivity contribution in [2.75, 3.05) is 19.6 Å². The third kappa shape index (κ3) is 4.56. The number of aromatic nitrogens is 3. The highest BCUT2D eigenvalue weighted by Crippen LogP contribution is 2.17. The summed E-state index contributed by atoms with van der Waals surface area (Å²) in [5.41, 5.74) is 0.382. The lowest BCUT2D eigenvalue weighted by molar-refractivity contribution is -0.132. The van der Waals surface area contributed by atoms with Gasteiger partial charge in [0.1, 0.15) is 11.8 Å². The van der Waals surface area contributed by atoms with Gasteiger partial charge in [-0.3, -0.25) is 19.5 Å². The quantitative estimate of drug-likeness (QED) is 0.768. The van der Waals surface area contributed by atoms with Gasteiger partial charge >= 0.3 is 0 Å². The van der Waals surface area contributed by atoms with Crippen LogP contribution in [0.4, 0.5) is 0 Å². The number of H-pyrrole nitrogens is 1. The van der Waals surface area contributed by atoms with Crippen molar-refractivity contribution < 1.29 is 14.1 Å². The summed E-state index contributed by atoms with van der Waals surface area (Å²) in [6.07, 6.45) is 6.62. The zero-order valence-corrected chi connectivity index (χ0v) is 14.3. The van der Waals surface area contributed by atoms with Crippen LogP contribution in [0.15, 0.2) is 34.0 Å². The average molecular weight is 359 g/mol. The van der Waals surface area contributed by atoms with Crippen LogP contribution in [0.3, 0.4) is 0 Å². The number of nitrogens with zero attached hydrogens (tertiary/aromatic N) is 3. The summed E-state index contributed by atoms with van der Waals surface area (Å²) in [7, 11) is 0. The molecule has 2 aromatic heterocycles. The third-order valence-electron chi connectivity index (χ3n) is 4.48. The number of aryl methyl sites for hydroxylation is 1. The Morgan fingerprint density at radius 2 is 2.31 bits per heavy atom. The standard InChI is InChI=1S/C17H21N5O4/c23-15-10-20-19-9-14(15)17(25)18-8-12-2-1-6-22(11-12)16(24)4-3-13-5-7-26-21-13/h5,7,9-10,12H,1-4,6,8,11H2,(H,18,25)(H,19,23). The smallest absolute Gasteiger partial charge is 0.256 e. The molecule has 3 heterocycles. The first-order valence-electron chi connectivity index (χ1n) is 8.62. The molecule has 0 radical (unpaired) electrons. The number of carbonyl (C=O) groups is 2. The molecule has 3 rings (SSSR count). The molecular formula is C17H21N5O4. The molecule has 1 unspecified atom stereocenters. The van der Waals surface area contributed by atoms with Gasteiger partial charge in [0.2, 0.25) is 11.3 Å². The van der Waals surface area contributed by atoms with E-state index in [1.54, 1.807) is 6.07 Å². The SMILES string of the molecule is O=C(NCC1CCCN(C(=O)CCc2ccon2)C1)c1c[nH]ncc1=O. The zero-order chi connectivity index (χ0) is 18.4. The molecule has 9 heteroatoms. The number of rotatable bonds is 6. The Balaban J connectivity index is 1.47. The van der Waals surface area contributed by atoms with Gasteiger partial charge < -0.3 is 14.7 Å². The second-order valence-corrected chi connectivity index (χ2v) is 6.36. The number of aromatic amines is 1. The summed E-state index contributed by atoms with van der Waals surface area (Å²) in [4.78, 5) is 37.9. The Labute approximate surface area is 149 Å². The first-order valence-corrected chi connectivity index (χ1v) is 8.62. The Kier molecular flexibility index (Phi) is 5.77. The summed E-state index contributed by atoms with van der Waals surface area (Å²) < 4.78 is 4.77. The van der Waals surface area contributed by atoms with Crippen LogP contribution in [0, 0.1) is 5.92 Å². The molecule has 1 saturated heterocycles. The minimum atomic E-state index is -0.428. The van der Waals surface area contributed by atoms with Gasteiger partial charge in [-0.25, -0.2) is 0 Å². The maximum absolute atomic E-state index is 12.4. The minimum absolute atomic E-state index is 0.0383. The van der Waals surface area contributed by atoms with Gasteiger partial charge in [0.25, 0.3) is 5.91 Å². The topological polar surface area (TPSA) is 121 Å². The van der Waals surface area contributed by atoms with Crippen molar-refractivity contribution in [2.24, 2.45) is 5.92 Å². The fraction of sp³-hybridized carbons (Fsp3) is 0.471. The van der Waals surface area contributed by atoms with Crippen LogP contribution in [-0.2, 0) is 11.2 Å². The summed E-state index contributed by atoms with van der Waals surface area (Å²) in [5, 5.41) is 12.6. The lowest BCUT2D eigenvalue weighted by Crippen LogP contribution is -2.44. The number of piperidine rings is 1. The van der Waals surface area contributed by atoms with Crippen LogP contribution in [0.2, 0.25) is 0 Å². The molecule has 2 aromatic rings. The Morgan fingerprint density at radius 3 is 3.08 bits per heavy atom.